The number of aliphatic hydroxyl groups excluding tert-OH is 1. The molecule has 35 heavy (non-hydrogen) atoms. The van der Waals surface area contributed by atoms with E-state index in [4.69, 9.17) is 27.2 Å². The molecule has 188 valence electrons. The van der Waals surface area contributed by atoms with Gasteiger partial charge in [-0.3, -0.25) is 20.2 Å². The fraction of sp³-hybridized carbons (Fsp3) is 0.364. The zero-order valence-electron chi connectivity index (χ0n) is 19.4. The SMILES string of the molecule is Cc1nc(Nc2ncc(C(=O)Nc3c(C)cccc3Cl)s2)cc(N2CCN(CCO)CC2)n1.OO. The Hall–Kier alpha value is -2.87. The maximum absolute atomic E-state index is 12.7. The third-order valence-electron chi connectivity index (χ3n) is 5.36. The second-order valence-electron chi connectivity index (χ2n) is 7.75. The molecule has 0 bridgehead atoms. The summed E-state index contributed by atoms with van der Waals surface area (Å²) in [7, 11) is 0. The van der Waals surface area contributed by atoms with Gasteiger partial charge in [-0.2, -0.15) is 0 Å². The Labute approximate surface area is 212 Å². The van der Waals surface area contributed by atoms with Crippen LogP contribution in [0, 0.1) is 13.8 Å². The summed E-state index contributed by atoms with van der Waals surface area (Å²) in [5.74, 6) is 1.85. The van der Waals surface area contributed by atoms with Crippen LogP contribution in [0.25, 0.3) is 0 Å². The number of hydrogen-bond acceptors (Lipinski definition) is 11. The topological polar surface area (TPSA) is 147 Å². The molecule has 1 amide bonds. The number of benzene rings is 1. The number of carbonyl (C=O) groups is 1. The number of aliphatic hydroxyl groups is 1. The fourth-order valence-electron chi connectivity index (χ4n) is 3.63. The van der Waals surface area contributed by atoms with E-state index < -0.39 is 0 Å². The number of nitrogens with one attached hydrogen (secondary N) is 2. The van der Waals surface area contributed by atoms with Gasteiger partial charge in [0.1, 0.15) is 22.3 Å². The number of thiazole rings is 1. The van der Waals surface area contributed by atoms with E-state index in [1.165, 1.54) is 17.5 Å². The number of carbonyl (C=O) groups excluding carboxylic acids is 1. The van der Waals surface area contributed by atoms with E-state index in [0.717, 1.165) is 37.6 Å². The van der Waals surface area contributed by atoms with Gasteiger partial charge in [-0.05, 0) is 25.5 Å². The standard InChI is InChI=1S/C22H26ClN7O2S.H2O2/c1-14-4-3-5-16(23)20(14)28-21(32)17-13-24-22(33-17)27-18-12-19(26-15(2)25-18)30-8-6-29(7-9-30)10-11-31;1-2/h3-5,12-13,31H,6-11H2,1-2H3,(H,28,32)(H,24,25,26,27);1-2H. The van der Waals surface area contributed by atoms with Gasteiger partial charge in [0.05, 0.1) is 23.5 Å². The molecule has 1 fully saturated rings. The molecule has 0 aliphatic carbocycles. The lowest BCUT2D eigenvalue weighted by atomic mass is 10.2. The van der Waals surface area contributed by atoms with Crippen molar-refractivity contribution in [2.75, 3.05) is 54.9 Å². The number of para-hydroxylation sites is 1. The Morgan fingerprint density at radius 1 is 1.17 bits per heavy atom. The van der Waals surface area contributed by atoms with Gasteiger partial charge in [-0.15, -0.1) is 0 Å². The number of rotatable bonds is 7. The highest BCUT2D eigenvalue weighted by atomic mass is 35.5. The first kappa shape index (κ1) is 26.7. The van der Waals surface area contributed by atoms with Gasteiger partial charge >= 0.3 is 0 Å². The molecule has 0 saturated carbocycles. The Balaban J connectivity index is 0.00000167. The molecule has 4 rings (SSSR count). The fourth-order valence-corrected chi connectivity index (χ4v) is 4.62. The number of anilines is 4. The quantitative estimate of drug-likeness (QED) is 0.231. The molecule has 0 spiro atoms. The molecule has 0 atom stereocenters. The van der Waals surface area contributed by atoms with Crippen molar-refractivity contribution in [1.82, 2.24) is 19.9 Å². The van der Waals surface area contributed by atoms with Crippen LogP contribution in [0.4, 0.5) is 22.5 Å². The molecule has 13 heteroatoms. The lowest BCUT2D eigenvalue weighted by Gasteiger charge is -2.35. The van der Waals surface area contributed by atoms with Crippen LogP contribution in [0.15, 0.2) is 30.5 Å². The van der Waals surface area contributed by atoms with E-state index in [2.05, 4.69) is 35.4 Å². The zero-order valence-corrected chi connectivity index (χ0v) is 21.0. The Bertz CT molecular complexity index is 1120. The van der Waals surface area contributed by atoms with E-state index in [-0.39, 0.29) is 12.5 Å². The van der Waals surface area contributed by atoms with Gasteiger partial charge in [-0.1, -0.05) is 35.1 Å². The molecule has 11 nitrogen and oxygen atoms in total. The molecular weight excluding hydrogens is 494 g/mol. The number of β-amino-alcohol motifs (C(OH)–C–C–N with tert-alkyl or cyclic N) is 1. The van der Waals surface area contributed by atoms with Crippen molar-refractivity contribution in [2.24, 2.45) is 0 Å². The lowest BCUT2D eigenvalue weighted by molar-refractivity contribution is -0.176. The van der Waals surface area contributed by atoms with Crippen LogP contribution in [-0.2, 0) is 0 Å². The number of nitrogens with zero attached hydrogens (tertiary/aromatic N) is 5. The summed E-state index contributed by atoms with van der Waals surface area (Å²) in [6.07, 6.45) is 1.53. The Kier molecular flexibility index (Phi) is 9.72. The van der Waals surface area contributed by atoms with Crippen molar-refractivity contribution in [3.8, 4) is 0 Å². The molecular formula is C22H28ClN7O4S. The van der Waals surface area contributed by atoms with Crippen LogP contribution in [0.2, 0.25) is 5.02 Å². The Morgan fingerprint density at radius 3 is 2.60 bits per heavy atom. The number of halogens is 1. The van der Waals surface area contributed by atoms with Crippen molar-refractivity contribution in [2.45, 2.75) is 13.8 Å². The first-order valence-corrected chi connectivity index (χ1v) is 12.1. The minimum Gasteiger partial charge on any atom is -0.395 e. The third kappa shape index (κ3) is 7.07. The van der Waals surface area contributed by atoms with Crippen molar-refractivity contribution >= 4 is 51.3 Å². The number of aryl methyl sites for hydroxylation is 2. The second kappa shape index (κ2) is 12.7. The summed E-state index contributed by atoms with van der Waals surface area (Å²) in [4.78, 5) is 31.0. The maximum atomic E-state index is 12.7. The van der Waals surface area contributed by atoms with E-state index in [9.17, 15) is 4.79 Å². The highest BCUT2D eigenvalue weighted by Gasteiger charge is 2.19. The number of aromatic nitrogens is 3. The van der Waals surface area contributed by atoms with E-state index in [1.54, 1.807) is 6.07 Å². The van der Waals surface area contributed by atoms with Gasteiger partial charge in [0.15, 0.2) is 5.13 Å². The second-order valence-corrected chi connectivity index (χ2v) is 9.19. The summed E-state index contributed by atoms with van der Waals surface area (Å²) < 4.78 is 0. The zero-order chi connectivity index (χ0) is 25.4. The van der Waals surface area contributed by atoms with E-state index >= 15 is 0 Å². The van der Waals surface area contributed by atoms with E-state index in [0.29, 0.717) is 38.9 Å². The third-order valence-corrected chi connectivity index (χ3v) is 6.59. The highest BCUT2D eigenvalue weighted by molar-refractivity contribution is 7.17. The van der Waals surface area contributed by atoms with Gasteiger partial charge in [0.2, 0.25) is 0 Å². The van der Waals surface area contributed by atoms with Gasteiger partial charge < -0.3 is 20.6 Å². The molecule has 3 heterocycles. The molecule has 0 unspecified atom stereocenters. The first-order valence-electron chi connectivity index (χ1n) is 10.9. The van der Waals surface area contributed by atoms with Crippen molar-refractivity contribution in [3.63, 3.8) is 0 Å². The van der Waals surface area contributed by atoms with Gasteiger partial charge in [0.25, 0.3) is 5.91 Å². The predicted molar refractivity (Wildman–Crippen MR) is 137 cm³/mol. The van der Waals surface area contributed by atoms with Crippen LogP contribution in [0.5, 0.6) is 0 Å². The summed E-state index contributed by atoms with van der Waals surface area (Å²) in [5.41, 5.74) is 1.49. The highest BCUT2D eigenvalue weighted by Crippen LogP contribution is 2.28. The van der Waals surface area contributed by atoms with Crippen molar-refractivity contribution in [3.05, 3.63) is 51.7 Å². The predicted octanol–water partition coefficient (Wildman–Crippen LogP) is 3.33. The molecule has 1 aromatic carbocycles. The summed E-state index contributed by atoms with van der Waals surface area (Å²) in [6, 6.07) is 7.37. The maximum Gasteiger partial charge on any atom is 0.267 e. The largest absolute Gasteiger partial charge is 0.395 e. The average molecular weight is 522 g/mol. The lowest BCUT2D eigenvalue weighted by Crippen LogP contribution is -2.47. The minimum absolute atomic E-state index is 0.173. The number of piperazine rings is 1. The summed E-state index contributed by atoms with van der Waals surface area (Å²) in [6.45, 7) is 8.03. The monoisotopic (exact) mass is 521 g/mol. The van der Waals surface area contributed by atoms with Crippen molar-refractivity contribution in [1.29, 1.82) is 0 Å². The van der Waals surface area contributed by atoms with E-state index in [1.807, 2.05) is 32.0 Å². The molecule has 1 aliphatic rings. The van der Waals surface area contributed by atoms with Crippen molar-refractivity contribution < 1.29 is 20.4 Å². The van der Waals surface area contributed by atoms with Crippen LogP contribution >= 0.6 is 22.9 Å². The number of amides is 1. The molecule has 1 saturated heterocycles. The molecule has 1 aliphatic heterocycles. The normalized spacial score (nSPS) is 13.7. The van der Waals surface area contributed by atoms with Crippen LogP contribution in [0.3, 0.4) is 0 Å². The molecule has 2 aromatic heterocycles. The van der Waals surface area contributed by atoms with Crippen LogP contribution < -0.4 is 15.5 Å². The number of hydrogen-bond donors (Lipinski definition) is 5. The molecule has 5 N–H and O–H groups in total. The molecule has 0 radical (unpaired) electrons. The average Bonchev–Trinajstić information content (AvgIpc) is 3.31. The molecule has 3 aromatic rings. The van der Waals surface area contributed by atoms with Gasteiger partial charge in [0, 0.05) is 38.8 Å². The van der Waals surface area contributed by atoms with Crippen LogP contribution in [-0.4, -0.2) is 80.7 Å². The first-order chi connectivity index (χ1) is 16.9. The Morgan fingerprint density at radius 2 is 1.91 bits per heavy atom. The minimum atomic E-state index is -0.267. The summed E-state index contributed by atoms with van der Waals surface area (Å²) in [5, 5.41) is 28.2. The smallest absolute Gasteiger partial charge is 0.267 e. The van der Waals surface area contributed by atoms with Crippen LogP contribution in [0.1, 0.15) is 21.1 Å². The summed E-state index contributed by atoms with van der Waals surface area (Å²) >= 11 is 7.46. The van der Waals surface area contributed by atoms with Gasteiger partial charge in [-0.25, -0.2) is 15.0 Å².